The number of benzene rings is 1. The number of ether oxygens (including phenoxy) is 1. The van der Waals surface area contributed by atoms with Gasteiger partial charge in [-0.15, -0.1) is 11.8 Å². The summed E-state index contributed by atoms with van der Waals surface area (Å²) in [5.74, 6) is -0.677. The number of hydrogen-bond acceptors (Lipinski definition) is 4. The maximum Gasteiger partial charge on any atom is 0.261 e. The minimum Gasteiger partial charge on any atom is -0.376 e. The summed E-state index contributed by atoms with van der Waals surface area (Å²) in [4.78, 5) is 28.0. The van der Waals surface area contributed by atoms with Crippen LogP contribution in [0.15, 0.2) is 29.2 Å². The van der Waals surface area contributed by atoms with Crippen molar-refractivity contribution in [3.63, 3.8) is 0 Å². The number of nitrogens with one attached hydrogen (secondary N) is 1. The lowest BCUT2D eigenvalue weighted by Gasteiger charge is -2.43. The van der Waals surface area contributed by atoms with E-state index in [1.165, 1.54) is 6.07 Å². The molecule has 0 bridgehead atoms. The number of nitrogens with zero attached hydrogens (tertiary/aromatic N) is 1. The fourth-order valence-electron chi connectivity index (χ4n) is 4.34. The molecule has 3 atom stereocenters. The predicted molar refractivity (Wildman–Crippen MR) is 112 cm³/mol. The van der Waals surface area contributed by atoms with Gasteiger partial charge in [-0.1, -0.05) is 31.0 Å². The molecule has 1 N–H and O–H groups in total. The topological polar surface area (TPSA) is 58.6 Å². The van der Waals surface area contributed by atoms with Gasteiger partial charge in [0.1, 0.15) is 12.4 Å². The minimum atomic E-state index is -0.347. The molecule has 7 heteroatoms. The molecule has 3 unspecified atom stereocenters. The van der Waals surface area contributed by atoms with Crippen molar-refractivity contribution in [3.05, 3.63) is 40.6 Å². The molecule has 3 fully saturated rings. The van der Waals surface area contributed by atoms with Gasteiger partial charge in [-0.05, 0) is 37.8 Å². The Hall–Kier alpha value is -1.86. The molecule has 3 aliphatic rings. The molecule has 0 aromatic heterocycles. The number of carbonyl (C=O) groups excluding carboxylic acids is 2. The highest BCUT2D eigenvalue weighted by molar-refractivity contribution is 8.04. The van der Waals surface area contributed by atoms with Crippen LogP contribution in [-0.2, 0) is 14.3 Å². The summed E-state index contributed by atoms with van der Waals surface area (Å²) in [5, 5.41) is 3.17. The number of hydrogen-bond donors (Lipinski definition) is 1. The molecule has 1 aromatic carbocycles. The van der Waals surface area contributed by atoms with Crippen LogP contribution in [0.3, 0.4) is 0 Å². The van der Waals surface area contributed by atoms with Crippen LogP contribution in [-0.4, -0.2) is 53.8 Å². The molecule has 1 aromatic rings. The summed E-state index contributed by atoms with van der Waals surface area (Å²) in [7, 11) is 0. The van der Waals surface area contributed by atoms with Gasteiger partial charge in [0.2, 0.25) is 5.91 Å². The van der Waals surface area contributed by atoms with Crippen molar-refractivity contribution in [1.82, 2.24) is 10.2 Å². The predicted octanol–water partition coefficient (Wildman–Crippen LogP) is 3.35. The van der Waals surface area contributed by atoms with E-state index in [1.807, 2.05) is 0 Å². The van der Waals surface area contributed by atoms with Gasteiger partial charge >= 0.3 is 0 Å². The second-order valence-corrected chi connectivity index (χ2v) is 9.19. The van der Waals surface area contributed by atoms with E-state index in [0.717, 1.165) is 45.1 Å². The lowest BCUT2D eigenvalue weighted by atomic mass is 9.93. The quantitative estimate of drug-likeness (QED) is 0.745. The van der Waals surface area contributed by atoms with Gasteiger partial charge in [-0.25, -0.2) is 4.39 Å². The van der Waals surface area contributed by atoms with Gasteiger partial charge in [0.25, 0.3) is 5.91 Å². The second-order valence-electron chi connectivity index (χ2n) is 7.91. The van der Waals surface area contributed by atoms with Crippen LogP contribution in [0.25, 0.3) is 6.08 Å². The van der Waals surface area contributed by atoms with Crippen LogP contribution >= 0.6 is 11.8 Å². The number of amides is 2. The summed E-state index contributed by atoms with van der Waals surface area (Å²) in [6.07, 6.45) is 7.79. The smallest absolute Gasteiger partial charge is 0.261 e. The maximum atomic E-state index is 14.1. The first-order valence-corrected chi connectivity index (χ1v) is 11.3. The Kier molecular flexibility index (Phi) is 6.55. The molecular weight excluding hydrogens is 391 g/mol. The fraction of sp³-hybridized carbons (Fsp3) is 0.545. The van der Waals surface area contributed by atoms with Crippen molar-refractivity contribution in [1.29, 1.82) is 0 Å². The van der Waals surface area contributed by atoms with Gasteiger partial charge in [0, 0.05) is 30.0 Å². The van der Waals surface area contributed by atoms with Crippen molar-refractivity contribution in [2.45, 2.75) is 55.9 Å². The van der Waals surface area contributed by atoms with E-state index >= 15 is 0 Å². The van der Waals surface area contributed by atoms with Gasteiger partial charge in [0.15, 0.2) is 0 Å². The first-order valence-electron chi connectivity index (χ1n) is 10.4. The highest BCUT2D eigenvalue weighted by atomic mass is 32.2. The number of thioether (sulfide) groups is 1. The van der Waals surface area contributed by atoms with E-state index in [4.69, 9.17) is 4.74 Å². The van der Waals surface area contributed by atoms with E-state index in [1.54, 1.807) is 40.9 Å². The lowest BCUT2D eigenvalue weighted by Crippen LogP contribution is -2.54. The highest BCUT2D eigenvalue weighted by Gasteiger charge is 2.41. The monoisotopic (exact) mass is 418 g/mol. The van der Waals surface area contributed by atoms with Crippen LogP contribution in [0.1, 0.15) is 44.1 Å². The Morgan fingerprint density at radius 1 is 1.24 bits per heavy atom. The van der Waals surface area contributed by atoms with Crippen molar-refractivity contribution >= 4 is 29.7 Å². The van der Waals surface area contributed by atoms with Crippen molar-refractivity contribution in [3.8, 4) is 0 Å². The third-order valence-electron chi connectivity index (χ3n) is 5.87. The molecule has 29 heavy (non-hydrogen) atoms. The molecule has 2 saturated heterocycles. The molecule has 0 spiro atoms. The van der Waals surface area contributed by atoms with Crippen LogP contribution < -0.4 is 5.32 Å². The van der Waals surface area contributed by atoms with Crippen molar-refractivity contribution in [2.75, 3.05) is 19.7 Å². The van der Waals surface area contributed by atoms with E-state index in [9.17, 15) is 14.0 Å². The molecule has 2 aliphatic heterocycles. The maximum absolute atomic E-state index is 14.1. The fourth-order valence-corrected chi connectivity index (χ4v) is 5.80. The zero-order chi connectivity index (χ0) is 20.2. The third kappa shape index (κ3) is 4.83. The molecule has 156 valence electrons. The summed E-state index contributed by atoms with van der Waals surface area (Å²) in [5.41, 5.74) is 0.403. The average molecular weight is 419 g/mol. The second kappa shape index (κ2) is 9.30. The van der Waals surface area contributed by atoms with Crippen molar-refractivity contribution < 1.29 is 18.7 Å². The first kappa shape index (κ1) is 20.4. The molecule has 0 radical (unpaired) electrons. The Balaban J connectivity index is 1.49. The Morgan fingerprint density at radius 2 is 2.07 bits per heavy atom. The van der Waals surface area contributed by atoms with E-state index in [0.29, 0.717) is 17.0 Å². The Morgan fingerprint density at radius 3 is 2.86 bits per heavy atom. The standard InChI is InChI=1S/C22H27FN2O3S/c23-17-8-2-1-6-15(17)12-20-22(27)25(18-9-3-4-10-19(18)29-20)14-21(26)24-13-16-7-5-11-28-16/h1-2,6,8,12,16,18-19H,3-5,7,9-11,13-14H2,(H,24,26)/b20-12-. The summed E-state index contributed by atoms with van der Waals surface area (Å²) in [6.45, 7) is 1.28. The normalized spacial score (nSPS) is 28.4. The number of fused-ring (bicyclic) bond motifs is 1. The highest BCUT2D eigenvalue weighted by Crippen LogP contribution is 2.42. The SMILES string of the molecule is O=C(CN1C(=O)/C(=C/c2ccccc2F)SC2CCCCC21)NCC1CCCO1. The largest absolute Gasteiger partial charge is 0.376 e. The Labute approximate surface area is 175 Å². The molecular formula is C22H27FN2O3S. The van der Waals surface area contributed by atoms with Gasteiger partial charge in [-0.2, -0.15) is 0 Å². The Bertz CT molecular complexity index is 794. The van der Waals surface area contributed by atoms with Crippen molar-refractivity contribution in [2.24, 2.45) is 0 Å². The number of rotatable bonds is 5. The first-order chi connectivity index (χ1) is 14.1. The molecule has 2 amide bonds. The molecule has 5 nitrogen and oxygen atoms in total. The zero-order valence-electron chi connectivity index (χ0n) is 16.4. The third-order valence-corrected chi connectivity index (χ3v) is 7.27. The van der Waals surface area contributed by atoms with Gasteiger partial charge in [-0.3, -0.25) is 9.59 Å². The van der Waals surface area contributed by atoms with Crippen LogP contribution in [0, 0.1) is 5.82 Å². The molecule has 1 aliphatic carbocycles. The minimum absolute atomic E-state index is 0.0435. The number of carbonyl (C=O) groups is 2. The summed E-state index contributed by atoms with van der Waals surface area (Å²) in [6, 6.07) is 6.51. The van der Waals surface area contributed by atoms with Crippen LogP contribution in [0.5, 0.6) is 0 Å². The van der Waals surface area contributed by atoms with E-state index in [-0.39, 0.29) is 41.6 Å². The molecule has 2 heterocycles. The van der Waals surface area contributed by atoms with Gasteiger partial charge in [0.05, 0.1) is 11.0 Å². The van der Waals surface area contributed by atoms with Crippen LogP contribution in [0.4, 0.5) is 4.39 Å². The number of halogens is 1. The van der Waals surface area contributed by atoms with Gasteiger partial charge < -0.3 is 15.0 Å². The van der Waals surface area contributed by atoms with E-state index in [2.05, 4.69) is 5.32 Å². The summed E-state index contributed by atoms with van der Waals surface area (Å²) < 4.78 is 19.7. The van der Waals surface area contributed by atoms with Crippen LogP contribution in [0.2, 0.25) is 0 Å². The average Bonchev–Trinajstić information content (AvgIpc) is 3.25. The molecule has 1 saturated carbocycles. The summed E-state index contributed by atoms with van der Waals surface area (Å²) >= 11 is 1.54. The lowest BCUT2D eigenvalue weighted by molar-refractivity contribution is -0.135. The zero-order valence-corrected chi connectivity index (χ0v) is 17.3. The van der Waals surface area contributed by atoms with E-state index < -0.39 is 0 Å². The molecule has 4 rings (SSSR count).